The van der Waals surface area contributed by atoms with Crippen LogP contribution in [-0.4, -0.2) is 49.8 Å². The Balaban J connectivity index is 1.88. The van der Waals surface area contributed by atoms with Crippen molar-refractivity contribution in [1.29, 1.82) is 0 Å². The minimum Gasteiger partial charge on any atom is -0.459 e. The number of halogens is 1. The Morgan fingerprint density at radius 2 is 2.35 bits per heavy atom. The molecule has 1 aliphatic rings. The number of carbonyl (C=O) groups is 1. The molecule has 0 radical (unpaired) electrons. The molecule has 0 aliphatic carbocycles. The van der Waals surface area contributed by atoms with Gasteiger partial charge >= 0.3 is 5.97 Å². The molecule has 2 N–H and O–H groups in total. The maximum Gasteiger partial charge on any atom is 0.338 e. The first-order valence-electron chi connectivity index (χ1n) is 6.65. The zero-order chi connectivity index (χ0) is 14.5. The quantitative estimate of drug-likeness (QED) is 0.668. The minimum absolute atomic E-state index is 0.0582. The molecule has 0 saturated carbocycles. The predicted molar refractivity (Wildman–Crippen MR) is 80.7 cm³/mol. The Morgan fingerprint density at radius 3 is 3.05 bits per heavy atom. The Labute approximate surface area is 127 Å². The zero-order valence-corrected chi connectivity index (χ0v) is 13.1. The van der Waals surface area contributed by atoms with Crippen LogP contribution >= 0.6 is 15.9 Å². The van der Waals surface area contributed by atoms with E-state index in [1.165, 1.54) is 0 Å². The minimum atomic E-state index is -0.379. The van der Waals surface area contributed by atoms with E-state index in [0.29, 0.717) is 17.9 Å². The van der Waals surface area contributed by atoms with Crippen molar-refractivity contribution in [3.63, 3.8) is 0 Å². The van der Waals surface area contributed by atoms with Crippen molar-refractivity contribution in [1.82, 2.24) is 4.90 Å². The van der Waals surface area contributed by atoms with Crippen LogP contribution in [0.15, 0.2) is 22.7 Å². The van der Waals surface area contributed by atoms with E-state index in [0.717, 1.165) is 24.1 Å². The summed E-state index contributed by atoms with van der Waals surface area (Å²) in [5.41, 5.74) is 6.67. The molecule has 1 fully saturated rings. The summed E-state index contributed by atoms with van der Waals surface area (Å²) < 4.78 is 11.7. The molecule has 1 aromatic carbocycles. The van der Waals surface area contributed by atoms with Crippen LogP contribution in [-0.2, 0) is 9.47 Å². The number of hydrogen-bond donors (Lipinski definition) is 1. The van der Waals surface area contributed by atoms with Crippen molar-refractivity contribution < 1.29 is 14.3 Å². The highest BCUT2D eigenvalue weighted by Crippen LogP contribution is 2.18. The molecule has 0 spiro atoms. The van der Waals surface area contributed by atoms with Crippen molar-refractivity contribution in [2.24, 2.45) is 0 Å². The van der Waals surface area contributed by atoms with Gasteiger partial charge in [0.2, 0.25) is 0 Å². The van der Waals surface area contributed by atoms with Crippen LogP contribution in [0.3, 0.4) is 0 Å². The summed E-state index contributed by atoms with van der Waals surface area (Å²) in [5.74, 6) is -0.379. The second kappa shape index (κ2) is 7.06. The highest BCUT2D eigenvalue weighted by molar-refractivity contribution is 9.10. The summed E-state index contributed by atoms with van der Waals surface area (Å²) >= 11 is 3.31. The number of carbonyl (C=O) groups excluding carboxylic acids is 1. The average Bonchev–Trinajstić information content (AvgIpc) is 2.44. The van der Waals surface area contributed by atoms with Gasteiger partial charge in [-0.25, -0.2) is 4.79 Å². The molecule has 0 bridgehead atoms. The molecule has 1 aliphatic heterocycles. The van der Waals surface area contributed by atoms with Gasteiger partial charge in [0.05, 0.1) is 12.2 Å². The summed E-state index contributed by atoms with van der Waals surface area (Å²) in [5, 5.41) is 0. The molecular formula is C14H19BrN2O3. The van der Waals surface area contributed by atoms with Crippen LogP contribution in [0, 0.1) is 0 Å². The maximum absolute atomic E-state index is 12.0. The third kappa shape index (κ3) is 4.19. The second-order valence-corrected chi connectivity index (χ2v) is 5.67. The molecule has 20 heavy (non-hydrogen) atoms. The Kier molecular flexibility index (Phi) is 5.39. The lowest BCUT2D eigenvalue weighted by atomic mass is 10.2. The lowest BCUT2D eigenvalue weighted by Crippen LogP contribution is -2.44. The van der Waals surface area contributed by atoms with Gasteiger partial charge in [-0.05, 0) is 24.7 Å². The van der Waals surface area contributed by atoms with Crippen LogP contribution in [0.4, 0.5) is 5.69 Å². The molecule has 110 valence electrons. The van der Waals surface area contributed by atoms with Gasteiger partial charge in [-0.15, -0.1) is 0 Å². The average molecular weight is 343 g/mol. The lowest BCUT2D eigenvalue weighted by Gasteiger charge is -2.31. The van der Waals surface area contributed by atoms with E-state index in [1.54, 1.807) is 18.2 Å². The maximum atomic E-state index is 12.0. The van der Waals surface area contributed by atoms with E-state index in [-0.39, 0.29) is 18.7 Å². The number of morpholine rings is 1. The van der Waals surface area contributed by atoms with Crippen molar-refractivity contribution in [3.8, 4) is 0 Å². The SMILES string of the molecule is CCN1CCOC(COC(=O)c2cc(N)cc(Br)c2)C1. The summed E-state index contributed by atoms with van der Waals surface area (Å²) in [6.07, 6.45) is -0.0582. The summed E-state index contributed by atoms with van der Waals surface area (Å²) in [7, 11) is 0. The van der Waals surface area contributed by atoms with Gasteiger partial charge in [-0.3, -0.25) is 4.90 Å². The summed E-state index contributed by atoms with van der Waals surface area (Å²) in [6.45, 7) is 5.77. The number of esters is 1. The van der Waals surface area contributed by atoms with Crippen molar-refractivity contribution >= 4 is 27.6 Å². The van der Waals surface area contributed by atoms with Crippen LogP contribution in [0.1, 0.15) is 17.3 Å². The van der Waals surface area contributed by atoms with E-state index in [2.05, 4.69) is 27.8 Å². The fourth-order valence-corrected chi connectivity index (χ4v) is 2.66. The fraction of sp³-hybridized carbons (Fsp3) is 0.500. The second-order valence-electron chi connectivity index (χ2n) is 4.76. The molecular weight excluding hydrogens is 324 g/mol. The van der Waals surface area contributed by atoms with E-state index >= 15 is 0 Å². The number of nitrogen functional groups attached to an aromatic ring is 1. The van der Waals surface area contributed by atoms with E-state index in [4.69, 9.17) is 15.2 Å². The molecule has 1 heterocycles. The van der Waals surface area contributed by atoms with E-state index < -0.39 is 0 Å². The van der Waals surface area contributed by atoms with Gasteiger partial charge in [-0.1, -0.05) is 22.9 Å². The first-order chi connectivity index (χ1) is 9.58. The Morgan fingerprint density at radius 1 is 1.55 bits per heavy atom. The molecule has 1 atom stereocenters. The van der Waals surface area contributed by atoms with E-state index in [9.17, 15) is 4.79 Å². The van der Waals surface area contributed by atoms with Crippen molar-refractivity contribution in [2.75, 3.05) is 38.6 Å². The highest BCUT2D eigenvalue weighted by atomic mass is 79.9. The van der Waals surface area contributed by atoms with Crippen LogP contribution in [0.25, 0.3) is 0 Å². The highest BCUT2D eigenvalue weighted by Gasteiger charge is 2.21. The van der Waals surface area contributed by atoms with Crippen LogP contribution in [0.5, 0.6) is 0 Å². The number of nitrogens with two attached hydrogens (primary N) is 1. The van der Waals surface area contributed by atoms with Gasteiger partial charge in [0.25, 0.3) is 0 Å². The van der Waals surface area contributed by atoms with Gasteiger partial charge < -0.3 is 15.2 Å². The number of likely N-dealkylation sites (N-methyl/N-ethyl adjacent to an activating group) is 1. The number of anilines is 1. The van der Waals surface area contributed by atoms with Gasteiger partial charge in [0, 0.05) is 23.2 Å². The molecule has 0 aromatic heterocycles. The standard InChI is InChI=1S/C14H19BrN2O3/c1-2-17-3-4-19-13(8-17)9-20-14(18)10-5-11(15)7-12(16)6-10/h5-7,13H,2-4,8-9,16H2,1H3. The van der Waals surface area contributed by atoms with Gasteiger partial charge in [0.15, 0.2) is 0 Å². The lowest BCUT2D eigenvalue weighted by molar-refractivity contribution is -0.0578. The number of hydrogen-bond acceptors (Lipinski definition) is 5. The van der Waals surface area contributed by atoms with Crippen molar-refractivity contribution in [2.45, 2.75) is 13.0 Å². The Bertz CT molecular complexity index is 461. The third-order valence-corrected chi connectivity index (χ3v) is 3.68. The largest absolute Gasteiger partial charge is 0.459 e. The zero-order valence-electron chi connectivity index (χ0n) is 11.5. The molecule has 2 rings (SSSR count). The fourth-order valence-electron chi connectivity index (χ4n) is 2.15. The van der Waals surface area contributed by atoms with E-state index in [1.807, 2.05) is 0 Å². The summed E-state index contributed by atoms with van der Waals surface area (Å²) in [6, 6.07) is 5.03. The van der Waals surface area contributed by atoms with Gasteiger partial charge in [-0.2, -0.15) is 0 Å². The molecule has 6 heteroatoms. The first kappa shape index (κ1) is 15.3. The molecule has 1 unspecified atom stereocenters. The smallest absolute Gasteiger partial charge is 0.338 e. The predicted octanol–water partition coefficient (Wildman–Crippen LogP) is 1.91. The monoisotopic (exact) mass is 342 g/mol. The first-order valence-corrected chi connectivity index (χ1v) is 7.45. The normalized spacial score (nSPS) is 19.8. The van der Waals surface area contributed by atoms with Gasteiger partial charge in [0.1, 0.15) is 12.7 Å². The number of nitrogens with zero attached hydrogens (tertiary/aromatic N) is 1. The summed E-state index contributed by atoms with van der Waals surface area (Å²) in [4.78, 5) is 14.3. The number of ether oxygens (including phenoxy) is 2. The number of rotatable bonds is 4. The third-order valence-electron chi connectivity index (χ3n) is 3.23. The van der Waals surface area contributed by atoms with Crippen LogP contribution < -0.4 is 5.73 Å². The molecule has 5 nitrogen and oxygen atoms in total. The Hall–Kier alpha value is -1.11. The number of benzene rings is 1. The topological polar surface area (TPSA) is 64.8 Å². The molecule has 1 aromatic rings. The molecule has 0 amide bonds. The molecule has 1 saturated heterocycles. The van der Waals surface area contributed by atoms with Crippen LogP contribution in [0.2, 0.25) is 0 Å². The van der Waals surface area contributed by atoms with Crippen molar-refractivity contribution in [3.05, 3.63) is 28.2 Å².